The van der Waals surface area contributed by atoms with Gasteiger partial charge in [0.2, 0.25) is 0 Å². The highest BCUT2D eigenvalue weighted by atomic mass is 32.2. The highest BCUT2D eigenvalue weighted by Crippen LogP contribution is 2.20. The number of anilines is 2. The molecule has 0 aliphatic carbocycles. The minimum absolute atomic E-state index is 0.0579. The number of aliphatic hydroxyl groups excluding tert-OH is 1. The van der Waals surface area contributed by atoms with Crippen LogP contribution in [0.25, 0.3) is 0 Å². The van der Waals surface area contributed by atoms with Gasteiger partial charge in [0.15, 0.2) is 0 Å². The number of aryl methyl sites for hydroxylation is 2. The Morgan fingerprint density at radius 2 is 1.78 bits per heavy atom. The number of nitrogens with two attached hydrogens (primary N) is 1. The summed E-state index contributed by atoms with van der Waals surface area (Å²) in [5.74, 6) is 0. The Hall–Kier alpha value is -2.09. The van der Waals surface area contributed by atoms with E-state index in [0.717, 1.165) is 42.7 Å². The third kappa shape index (κ3) is 7.99. The van der Waals surface area contributed by atoms with Crippen molar-refractivity contribution in [3.8, 4) is 0 Å². The van der Waals surface area contributed by atoms with E-state index in [4.69, 9.17) is 15.4 Å². The Bertz CT molecular complexity index is 822. The average molecular weight is 395 g/mol. The molecule has 2 aromatic carbocycles. The maximum atomic E-state index is 10.5. The molecule has 4 N–H and O–H groups in total. The van der Waals surface area contributed by atoms with Crippen molar-refractivity contribution in [3.05, 3.63) is 53.6 Å². The van der Waals surface area contributed by atoms with Crippen molar-refractivity contribution in [2.75, 3.05) is 30.3 Å². The summed E-state index contributed by atoms with van der Waals surface area (Å²) in [7, 11) is -4.03. The van der Waals surface area contributed by atoms with Crippen LogP contribution < -0.4 is 10.6 Å². The molecule has 0 atom stereocenters. The topological polar surface area (TPSA) is 104 Å². The van der Waals surface area contributed by atoms with Gasteiger partial charge in [-0.2, -0.15) is 8.42 Å². The molecule has 27 heavy (non-hydrogen) atoms. The van der Waals surface area contributed by atoms with E-state index < -0.39 is 10.1 Å². The van der Waals surface area contributed by atoms with E-state index in [-0.39, 0.29) is 11.5 Å². The maximum absolute atomic E-state index is 10.5. The second-order valence-electron chi connectivity index (χ2n) is 6.34. The fourth-order valence-corrected chi connectivity index (χ4v) is 3.10. The van der Waals surface area contributed by atoms with E-state index in [0.29, 0.717) is 0 Å². The Morgan fingerprint density at radius 1 is 1.07 bits per heavy atom. The summed E-state index contributed by atoms with van der Waals surface area (Å²) in [5, 5.41) is 8.77. The van der Waals surface area contributed by atoms with Gasteiger partial charge >= 0.3 is 0 Å². The maximum Gasteiger partial charge on any atom is 0.294 e. The first-order chi connectivity index (χ1) is 12.7. The van der Waals surface area contributed by atoms with Gasteiger partial charge in [0, 0.05) is 31.1 Å². The Balaban J connectivity index is 0.000000289. The zero-order chi connectivity index (χ0) is 20.4. The van der Waals surface area contributed by atoms with Crippen LogP contribution >= 0.6 is 0 Å². The molecule has 0 saturated heterocycles. The summed E-state index contributed by atoms with van der Waals surface area (Å²) in [4.78, 5) is 2.25. The molecule has 0 fully saturated rings. The van der Waals surface area contributed by atoms with E-state index in [9.17, 15) is 8.42 Å². The first kappa shape index (κ1) is 23.0. The molecule has 6 nitrogen and oxygen atoms in total. The molecule has 0 unspecified atom stereocenters. The van der Waals surface area contributed by atoms with Crippen molar-refractivity contribution in [1.82, 2.24) is 0 Å². The van der Waals surface area contributed by atoms with Gasteiger partial charge in [-0.05, 0) is 75.1 Å². The molecule has 0 amide bonds. The van der Waals surface area contributed by atoms with E-state index in [1.807, 2.05) is 13.0 Å². The Morgan fingerprint density at radius 3 is 2.26 bits per heavy atom. The summed E-state index contributed by atoms with van der Waals surface area (Å²) in [6.45, 7) is 8.17. The smallest absolute Gasteiger partial charge is 0.294 e. The van der Waals surface area contributed by atoms with E-state index in [1.165, 1.54) is 17.8 Å². The lowest BCUT2D eigenvalue weighted by Gasteiger charge is -2.23. The second-order valence-corrected chi connectivity index (χ2v) is 7.76. The summed E-state index contributed by atoms with van der Waals surface area (Å²) in [6, 6.07) is 12.2. The minimum Gasteiger partial charge on any atom is -0.399 e. The van der Waals surface area contributed by atoms with Crippen LogP contribution in [0.2, 0.25) is 0 Å². The van der Waals surface area contributed by atoms with Crippen molar-refractivity contribution in [1.29, 1.82) is 0 Å². The number of nitrogen functional groups attached to an aromatic ring is 1. The molecule has 2 rings (SSSR count). The molecular formula is C20H30N2O4S. The van der Waals surface area contributed by atoms with Crippen LogP contribution in [0.3, 0.4) is 0 Å². The van der Waals surface area contributed by atoms with E-state index in [2.05, 4.69) is 24.0 Å². The van der Waals surface area contributed by atoms with Crippen LogP contribution in [-0.2, 0) is 10.1 Å². The third-order valence-electron chi connectivity index (χ3n) is 4.12. The van der Waals surface area contributed by atoms with Gasteiger partial charge in [0.05, 0.1) is 4.90 Å². The minimum atomic E-state index is -4.03. The van der Waals surface area contributed by atoms with Crippen molar-refractivity contribution < 1.29 is 18.1 Å². The Labute approximate surface area is 162 Å². The van der Waals surface area contributed by atoms with E-state index >= 15 is 0 Å². The summed E-state index contributed by atoms with van der Waals surface area (Å²) in [6.07, 6.45) is 1.89. The number of hydrogen-bond donors (Lipinski definition) is 3. The van der Waals surface area contributed by atoms with Crippen molar-refractivity contribution in [3.63, 3.8) is 0 Å². The monoisotopic (exact) mass is 394 g/mol. The van der Waals surface area contributed by atoms with Gasteiger partial charge in [0.1, 0.15) is 0 Å². The lowest BCUT2D eigenvalue weighted by atomic mass is 10.1. The van der Waals surface area contributed by atoms with Gasteiger partial charge in [-0.3, -0.25) is 4.55 Å². The highest BCUT2D eigenvalue weighted by molar-refractivity contribution is 7.85. The highest BCUT2D eigenvalue weighted by Gasteiger charge is 2.07. The fraction of sp³-hybridized carbons (Fsp3) is 0.400. The van der Waals surface area contributed by atoms with Crippen molar-refractivity contribution in [2.24, 2.45) is 0 Å². The van der Waals surface area contributed by atoms with E-state index in [1.54, 1.807) is 19.1 Å². The lowest BCUT2D eigenvalue weighted by molar-refractivity contribution is 0.285. The predicted molar refractivity (Wildman–Crippen MR) is 111 cm³/mol. The van der Waals surface area contributed by atoms with Crippen LogP contribution in [0.5, 0.6) is 0 Å². The van der Waals surface area contributed by atoms with Crippen LogP contribution in [0.1, 0.15) is 30.9 Å². The van der Waals surface area contributed by atoms with Gasteiger partial charge in [0.25, 0.3) is 10.1 Å². The Kier molecular flexibility index (Phi) is 9.28. The third-order valence-corrected chi connectivity index (χ3v) is 4.97. The first-order valence-electron chi connectivity index (χ1n) is 8.95. The molecule has 2 aromatic rings. The number of benzene rings is 2. The molecule has 0 aromatic heterocycles. The molecule has 0 aliphatic rings. The number of aliphatic hydroxyl groups is 1. The van der Waals surface area contributed by atoms with Crippen LogP contribution in [0.15, 0.2) is 47.4 Å². The molecule has 7 heteroatoms. The summed E-state index contributed by atoms with van der Waals surface area (Å²) >= 11 is 0. The van der Waals surface area contributed by atoms with Crippen LogP contribution in [0.4, 0.5) is 11.4 Å². The van der Waals surface area contributed by atoms with Gasteiger partial charge in [-0.25, -0.2) is 0 Å². The number of nitrogens with zero attached hydrogens (tertiary/aromatic N) is 1. The first-order valence-corrected chi connectivity index (χ1v) is 10.4. The number of hydrogen-bond acceptors (Lipinski definition) is 5. The lowest BCUT2D eigenvalue weighted by Crippen LogP contribution is -2.24. The van der Waals surface area contributed by atoms with Crippen LogP contribution in [0, 0.1) is 13.8 Å². The predicted octanol–water partition coefficient (Wildman–Crippen LogP) is 3.42. The van der Waals surface area contributed by atoms with Gasteiger partial charge < -0.3 is 15.7 Å². The quantitative estimate of drug-likeness (QED) is 0.378. The van der Waals surface area contributed by atoms with Crippen molar-refractivity contribution >= 4 is 21.5 Å². The molecule has 150 valence electrons. The molecule has 0 aliphatic heterocycles. The zero-order valence-corrected chi connectivity index (χ0v) is 17.0. The normalized spacial score (nSPS) is 10.9. The van der Waals surface area contributed by atoms with Crippen molar-refractivity contribution in [2.45, 2.75) is 38.5 Å². The van der Waals surface area contributed by atoms with Gasteiger partial charge in [-0.1, -0.05) is 12.1 Å². The SMILES string of the molecule is CCN(CCCCO)c1ccc(N)c(C)c1.Cc1cccc(S(=O)(=O)O)c1. The summed E-state index contributed by atoms with van der Waals surface area (Å²) < 4.78 is 29.7. The largest absolute Gasteiger partial charge is 0.399 e. The standard InChI is InChI=1S/C13H22N2O.C7H8O3S/c1-3-15(8-4-5-9-16)12-6-7-13(14)11(2)10-12;1-6-3-2-4-7(5-6)11(8,9)10/h6-7,10,16H,3-5,8-9,14H2,1-2H3;2-5H,1H3,(H,8,9,10). The molecular weight excluding hydrogens is 364 g/mol. The number of unbranched alkanes of at least 4 members (excludes halogenated alkanes) is 1. The second kappa shape index (κ2) is 10.9. The van der Waals surface area contributed by atoms with Crippen LogP contribution in [-0.4, -0.2) is 37.8 Å². The molecule has 0 spiro atoms. The van der Waals surface area contributed by atoms with Gasteiger partial charge in [-0.15, -0.1) is 0 Å². The molecule has 0 heterocycles. The average Bonchev–Trinajstić information content (AvgIpc) is 2.61. The zero-order valence-electron chi connectivity index (χ0n) is 16.2. The molecule has 0 saturated carbocycles. The summed E-state index contributed by atoms with van der Waals surface area (Å²) in [5.41, 5.74) is 9.79. The fourth-order valence-electron chi connectivity index (χ4n) is 2.52. The molecule has 0 radical (unpaired) electrons. The number of rotatable bonds is 7. The molecule has 0 bridgehead atoms.